The van der Waals surface area contributed by atoms with Gasteiger partial charge < -0.3 is 5.73 Å². The largest absolute Gasteiger partial charge is 0.324 e. The zero-order valence-electron chi connectivity index (χ0n) is 8.95. The van der Waals surface area contributed by atoms with Crippen LogP contribution in [-0.4, -0.2) is 15.0 Å². The number of pyridine rings is 1. The second-order valence-electron chi connectivity index (χ2n) is 3.68. The molecule has 0 aromatic carbocycles. The predicted molar refractivity (Wildman–Crippen MR) is 61.5 cm³/mol. The van der Waals surface area contributed by atoms with Crippen LogP contribution in [0.3, 0.4) is 0 Å². The summed E-state index contributed by atoms with van der Waals surface area (Å²) in [5.74, 6) is 0. The quantitative estimate of drug-likeness (QED) is 0.837. The van der Waals surface area contributed by atoms with E-state index in [9.17, 15) is 0 Å². The van der Waals surface area contributed by atoms with E-state index in [1.54, 1.807) is 18.6 Å². The van der Waals surface area contributed by atoms with Crippen LogP contribution in [0, 0.1) is 0 Å². The molecule has 1 atom stereocenters. The highest BCUT2D eigenvalue weighted by Crippen LogP contribution is 2.14. The van der Waals surface area contributed by atoms with Gasteiger partial charge in [-0.05, 0) is 24.5 Å². The van der Waals surface area contributed by atoms with Crippen molar-refractivity contribution >= 4 is 0 Å². The molecule has 0 aliphatic carbocycles. The fraction of sp³-hybridized carbons (Fsp3) is 0.250. The maximum atomic E-state index is 6.04. The van der Waals surface area contributed by atoms with E-state index in [0.717, 1.165) is 18.4 Å². The maximum Gasteiger partial charge on any atom is 0.115 e. The molecule has 0 saturated heterocycles. The van der Waals surface area contributed by atoms with Crippen LogP contribution < -0.4 is 5.73 Å². The van der Waals surface area contributed by atoms with E-state index >= 15 is 0 Å². The van der Waals surface area contributed by atoms with Gasteiger partial charge in [0.2, 0.25) is 0 Å². The van der Waals surface area contributed by atoms with Crippen molar-refractivity contribution in [3.05, 3.63) is 54.4 Å². The van der Waals surface area contributed by atoms with Crippen molar-refractivity contribution in [2.24, 2.45) is 5.73 Å². The Bertz CT molecular complexity index is 416. The number of nitrogens with zero attached hydrogens (tertiary/aromatic N) is 3. The van der Waals surface area contributed by atoms with E-state index in [0.29, 0.717) is 0 Å². The molecule has 2 rings (SSSR count). The number of nitrogens with two attached hydrogens (primary N) is 1. The van der Waals surface area contributed by atoms with Gasteiger partial charge in [-0.15, -0.1) is 0 Å². The molecule has 0 fully saturated rings. The molecular weight excluding hydrogens is 200 g/mol. The minimum atomic E-state index is -0.0126. The van der Waals surface area contributed by atoms with Crippen LogP contribution in [0.1, 0.15) is 23.6 Å². The van der Waals surface area contributed by atoms with Crippen LogP contribution >= 0.6 is 0 Å². The number of hydrogen-bond acceptors (Lipinski definition) is 4. The third-order valence-electron chi connectivity index (χ3n) is 2.48. The third-order valence-corrected chi connectivity index (χ3v) is 2.48. The summed E-state index contributed by atoms with van der Waals surface area (Å²) >= 11 is 0. The third kappa shape index (κ3) is 2.84. The Morgan fingerprint density at radius 2 is 1.94 bits per heavy atom. The molecule has 0 saturated carbocycles. The second kappa shape index (κ2) is 5.32. The van der Waals surface area contributed by atoms with Gasteiger partial charge in [0.05, 0.1) is 0 Å². The molecule has 0 spiro atoms. The van der Waals surface area contributed by atoms with Gasteiger partial charge in [-0.25, -0.2) is 9.97 Å². The summed E-state index contributed by atoms with van der Waals surface area (Å²) in [6, 6.07) is 3.98. The normalized spacial score (nSPS) is 12.3. The Hall–Kier alpha value is -1.81. The van der Waals surface area contributed by atoms with E-state index in [1.807, 2.05) is 12.3 Å². The smallest absolute Gasteiger partial charge is 0.115 e. The van der Waals surface area contributed by atoms with Crippen molar-refractivity contribution in [3.63, 3.8) is 0 Å². The summed E-state index contributed by atoms with van der Waals surface area (Å²) in [6.07, 6.45) is 10.5. The van der Waals surface area contributed by atoms with Crippen LogP contribution in [-0.2, 0) is 6.42 Å². The van der Waals surface area contributed by atoms with Gasteiger partial charge in [-0.1, -0.05) is 6.07 Å². The van der Waals surface area contributed by atoms with Crippen LogP contribution in [0.15, 0.2) is 43.2 Å². The van der Waals surface area contributed by atoms with Gasteiger partial charge in [-0.3, -0.25) is 4.98 Å². The average Bonchev–Trinajstić information content (AvgIpc) is 2.38. The molecule has 2 N–H and O–H groups in total. The lowest BCUT2D eigenvalue weighted by Crippen LogP contribution is -2.11. The molecule has 2 heterocycles. The van der Waals surface area contributed by atoms with Crippen LogP contribution in [0.2, 0.25) is 0 Å². The Balaban J connectivity index is 1.92. The lowest BCUT2D eigenvalue weighted by atomic mass is 10.0. The molecule has 16 heavy (non-hydrogen) atoms. The fourth-order valence-corrected chi connectivity index (χ4v) is 1.54. The molecular formula is C12H14N4. The molecule has 4 heteroatoms. The molecule has 2 aromatic rings. The zero-order valence-corrected chi connectivity index (χ0v) is 8.95. The summed E-state index contributed by atoms with van der Waals surface area (Å²) in [6.45, 7) is 0. The van der Waals surface area contributed by atoms with E-state index in [2.05, 4.69) is 21.0 Å². The fourth-order valence-electron chi connectivity index (χ4n) is 1.54. The van der Waals surface area contributed by atoms with Gasteiger partial charge in [-0.2, -0.15) is 0 Å². The first kappa shape index (κ1) is 10.7. The van der Waals surface area contributed by atoms with E-state index < -0.39 is 0 Å². The van der Waals surface area contributed by atoms with Crippen molar-refractivity contribution < 1.29 is 0 Å². The van der Waals surface area contributed by atoms with Gasteiger partial charge in [0.1, 0.15) is 6.33 Å². The highest BCUT2D eigenvalue weighted by Gasteiger charge is 2.06. The minimum Gasteiger partial charge on any atom is -0.324 e. The van der Waals surface area contributed by atoms with Crippen LogP contribution in [0.5, 0.6) is 0 Å². The molecule has 0 radical (unpaired) electrons. The summed E-state index contributed by atoms with van der Waals surface area (Å²) in [5.41, 5.74) is 8.22. The van der Waals surface area contributed by atoms with Crippen molar-refractivity contribution in [1.29, 1.82) is 0 Å². The first-order valence-electron chi connectivity index (χ1n) is 5.25. The van der Waals surface area contributed by atoms with E-state index in [1.165, 1.54) is 11.9 Å². The summed E-state index contributed by atoms with van der Waals surface area (Å²) in [7, 11) is 0. The summed E-state index contributed by atoms with van der Waals surface area (Å²) < 4.78 is 0. The Morgan fingerprint density at radius 1 is 1.12 bits per heavy atom. The van der Waals surface area contributed by atoms with E-state index in [-0.39, 0.29) is 6.04 Å². The van der Waals surface area contributed by atoms with Crippen molar-refractivity contribution in [1.82, 2.24) is 15.0 Å². The molecule has 0 bridgehead atoms. The zero-order chi connectivity index (χ0) is 11.2. The summed E-state index contributed by atoms with van der Waals surface area (Å²) in [5, 5.41) is 0. The highest BCUT2D eigenvalue weighted by atomic mass is 14.8. The van der Waals surface area contributed by atoms with Crippen molar-refractivity contribution in [2.75, 3.05) is 0 Å². The summed E-state index contributed by atoms with van der Waals surface area (Å²) in [4.78, 5) is 12.0. The number of aryl methyl sites for hydroxylation is 1. The Labute approximate surface area is 94.6 Å². The predicted octanol–water partition coefficient (Wildman–Crippen LogP) is 1.50. The molecule has 0 aliphatic rings. The minimum absolute atomic E-state index is 0.0126. The number of rotatable bonds is 4. The standard InChI is InChI=1S/C12H14N4/c13-12(11-7-15-9-16-8-11)4-3-10-2-1-5-14-6-10/h1-2,5-9,12H,3-4,13H2. The average molecular weight is 214 g/mol. The van der Waals surface area contributed by atoms with Crippen molar-refractivity contribution in [3.8, 4) is 0 Å². The molecule has 1 unspecified atom stereocenters. The monoisotopic (exact) mass is 214 g/mol. The highest BCUT2D eigenvalue weighted by molar-refractivity contribution is 5.12. The molecule has 82 valence electrons. The number of hydrogen-bond donors (Lipinski definition) is 1. The van der Waals surface area contributed by atoms with Crippen LogP contribution in [0.4, 0.5) is 0 Å². The van der Waals surface area contributed by atoms with Gasteiger partial charge in [0, 0.05) is 36.4 Å². The number of aromatic nitrogens is 3. The van der Waals surface area contributed by atoms with Gasteiger partial charge >= 0.3 is 0 Å². The molecule has 0 aliphatic heterocycles. The van der Waals surface area contributed by atoms with Crippen molar-refractivity contribution in [2.45, 2.75) is 18.9 Å². The molecule has 2 aromatic heterocycles. The first-order chi connectivity index (χ1) is 7.86. The topological polar surface area (TPSA) is 64.7 Å². The van der Waals surface area contributed by atoms with Gasteiger partial charge in [0.15, 0.2) is 0 Å². The Morgan fingerprint density at radius 3 is 2.62 bits per heavy atom. The first-order valence-corrected chi connectivity index (χ1v) is 5.25. The molecule has 0 amide bonds. The van der Waals surface area contributed by atoms with Gasteiger partial charge in [0.25, 0.3) is 0 Å². The Kier molecular flexibility index (Phi) is 3.56. The lowest BCUT2D eigenvalue weighted by molar-refractivity contribution is 0.644. The molecule has 4 nitrogen and oxygen atoms in total. The van der Waals surface area contributed by atoms with Crippen LogP contribution in [0.25, 0.3) is 0 Å². The van der Waals surface area contributed by atoms with E-state index in [4.69, 9.17) is 5.73 Å². The SMILES string of the molecule is NC(CCc1cccnc1)c1cncnc1. The second-order valence-corrected chi connectivity index (χ2v) is 3.68. The maximum absolute atomic E-state index is 6.04. The lowest BCUT2D eigenvalue weighted by Gasteiger charge is -2.10.